The molecule has 0 spiro atoms. The van der Waals surface area contributed by atoms with Gasteiger partial charge >= 0.3 is 5.97 Å². The fraction of sp³-hybridized carbons (Fsp3) is 0.679. The van der Waals surface area contributed by atoms with Gasteiger partial charge in [0.05, 0.1) is 10.6 Å². The van der Waals surface area contributed by atoms with E-state index in [0.717, 1.165) is 19.3 Å². The summed E-state index contributed by atoms with van der Waals surface area (Å²) >= 11 is 1.32. The summed E-state index contributed by atoms with van der Waals surface area (Å²) in [6.45, 7) is 15.2. The molecule has 1 saturated carbocycles. The minimum absolute atomic E-state index is 0.0367. The molecule has 38 heavy (non-hydrogen) atoms. The second kappa shape index (κ2) is 13.4. The molecule has 2 aromatic rings. The van der Waals surface area contributed by atoms with E-state index in [-0.39, 0.29) is 28.8 Å². The molecule has 3 rings (SSSR count). The highest BCUT2D eigenvalue weighted by Gasteiger charge is 2.33. The quantitative estimate of drug-likeness (QED) is 0.229. The fourth-order valence-corrected chi connectivity index (χ4v) is 7.56. The zero-order valence-corrected chi connectivity index (χ0v) is 25.5. The molecule has 1 heterocycles. The van der Waals surface area contributed by atoms with Crippen LogP contribution in [0.3, 0.4) is 0 Å². The molecule has 0 radical (unpaired) electrons. The van der Waals surface area contributed by atoms with Gasteiger partial charge < -0.3 is 4.74 Å². The van der Waals surface area contributed by atoms with E-state index in [0.29, 0.717) is 47.4 Å². The third-order valence-corrected chi connectivity index (χ3v) is 10.7. The number of benzene rings is 1. The number of rotatable bonds is 12. The second-order valence-electron chi connectivity index (χ2n) is 10.7. The summed E-state index contributed by atoms with van der Waals surface area (Å²) in [4.78, 5) is 13.1. The lowest BCUT2D eigenvalue weighted by Gasteiger charge is -2.36. The van der Waals surface area contributed by atoms with Crippen molar-refractivity contribution in [1.82, 2.24) is 19.1 Å². The average Bonchev–Trinajstić information content (AvgIpc) is 3.31. The molecule has 1 aromatic carbocycles. The third-order valence-electron chi connectivity index (χ3n) is 7.69. The van der Waals surface area contributed by atoms with Crippen LogP contribution in [0.2, 0.25) is 0 Å². The number of esters is 1. The number of thioether (sulfide) groups is 1. The van der Waals surface area contributed by atoms with E-state index in [1.54, 1.807) is 18.2 Å². The lowest BCUT2D eigenvalue weighted by atomic mass is 9.75. The van der Waals surface area contributed by atoms with Crippen molar-refractivity contribution < 1.29 is 17.9 Å². The highest BCUT2D eigenvalue weighted by molar-refractivity contribution is 7.99. The van der Waals surface area contributed by atoms with Crippen LogP contribution in [0.15, 0.2) is 34.3 Å². The molecule has 0 amide bonds. The van der Waals surface area contributed by atoms with Crippen LogP contribution in [0, 0.1) is 17.8 Å². The summed E-state index contributed by atoms with van der Waals surface area (Å²) in [5.74, 6) is 1.95. The molecule has 8 nitrogen and oxygen atoms in total. The van der Waals surface area contributed by atoms with E-state index in [9.17, 15) is 13.2 Å². The second-order valence-corrected chi connectivity index (χ2v) is 13.6. The van der Waals surface area contributed by atoms with E-state index in [2.05, 4.69) is 44.8 Å². The number of carbonyl (C=O) groups is 1. The molecule has 1 aromatic heterocycles. The van der Waals surface area contributed by atoms with Crippen LogP contribution < -0.4 is 0 Å². The van der Waals surface area contributed by atoms with Crippen molar-refractivity contribution in [1.29, 1.82) is 0 Å². The molecular weight excluding hydrogens is 520 g/mol. The molecule has 1 aliphatic rings. The standard InChI is InChI=1S/C28H44N4O4S2/c1-8-21(7)32-27(22-12-11-13-23(17-22)38(34,35)31(9-2)10-3)29-30-28(32)37-18-26(33)36-25-16-20(6)14-15-24(25)19(4)5/h11-13,17,19-21,24-25H,8-10,14-16,18H2,1-7H3/t20-,21-,24-,25+/m1/s1. The van der Waals surface area contributed by atoms with Crippen LogP contribution in [0.5, 0.6) is 0 Å². The van der Waals surface area contributed by atoms with Crippen LogP contribution >= 0.6 is 11.8 Å². The number of hydrogen-bond acceptors (Lipinski definition) is 7. The van der Waals surface area contributed by atoms with Gasteiger partial charge in [0.1, 0.15) is 6.10 Å². The Kier molecular flexibility index (Phi) is 10.8. The smallest absolute Gasteiger partial charge is 0.316 e. The van der Waals surface area contributed by atoms with Crippen molar-refractivity contribution in [2.45, 2.75) is 96.3 Å². The topological polar surface area (TPSA) is 94.4 Å². The van der Waals surface area contributed by atoms with Crippen LogP contribution in [-0.4, -0.2) is 58.4 Å². The third kappa shape index (κ3) is 6.99. The first kappa shape index (κ1) is 30.6. The van der Waals surface area contributed by atoms with Crippen molar-refractivity contribution in [3.05, 3.63) is 24.3 Å². The van der Waals surface area contributed by atoms with Crippen LogP contribution in [-0.2, 0) is 19.6 Å². The van der Waals surface area contributed by atoms with E-state index in [4.69, 9.17) is 4.74 Å². The van der Waals surface area contributed by atoms with Crippen molar-refractivity contribution in [3.63, 3.8) is 0 Å². The molecule has 212 valence electrons. The number of sulfonamides is 1. The van der Waals surface area contributed by atoms with Crippen LogP contribution in [0.4, 0.5) is 0 Å². The minimum atomic E-state index is -3.60. The lowest BCUT2D eigenvalue weighted by molar-refractivity contribution is -0.152. The Morgan fingerprint density at radius 3 is 2.50 bits per heavy atom. The SMILES string of the molecule is CC[C@@H](C)n1c(SCC(=O)O[C@H]2C[C@H](C)CC[C@@H]2C(C)C)nnc1-c1cccc(S(=O)(=O)N(CC)CC)c1. The van der Waals surface area contributed by atoms with Gasteiger partial charge in [0.2, 0.25) is 10.0 Å². The first-order valence-electron chi connectivity index (χ1n) is 13.9. The average molecular weight is 565 g/mol. The Hall–Kier alpha value is -1.91. The highest BCUT2D eigenvalue weighted by atomic mass is 32.2. The molecule has 0 saturated heterocycles. The summed E-state index contributed by atoms with van der Waals surface area (Å²) in [6, 6.07) is 6.93. The zero-order chi connectivity index (χ0) is 28.0. The number of carbonyl (C=O) groups excluding carboxylic acids is 1. The Morgan fingerprint density at radius 1 is 1.16 bits per heavy atom. The molecular formula is C28H44N4O4S2. The maximum Gasteiger partial charge on any atom is 0.316 e. The van der Waals surface area contributed by atoms with Gasteiger partial charge in [-0.2, -0.15) is 4.31 Å². The molecule has 10 heteroatoms. The Bertz CT molecular complexity index is 1180. The molecule has 1 fully saturated rings. The first-order valence-corrected chi connectivity index (χ1v) is 16.3. The normalized spacial score (nSPS) is 21.1. The molecule has 0 bridgehead atoms. The van der Waals surface area contributed by atoms with Crippen LogP contribution in [0.25, 0.3) is 11.4 Å². The maximum atomic E-state index is 13.1. The van der Waals surface area contributed by atoms with Gasteiger partial charge in [0.25, 0.3) is 0 Å². The molecule has 0 N–H and O–H groups in total. The van der Waals surface area contributed by atoms with Crippen LogP contribution in [0.1, 0.15) is 80.2 Å². The fourth-order valence-electron chi connectivity index (χ4n) is 5.24. The monoisotopic (exact) mass is 564 g/mol. The number of ether oxygens (including phenoxy) is 1. The maximum absolute atomic E-state index is 13.1. The van der Waals surface area contributed by atoms with Crippen molar-refractivity contribution in [2.75, 3.05) is 18.8 Å². The zero-order valence-electron chi connectivity index (χ0n) is 23.9. The van der Waals surface area contributed by atoms with E-state index >= 15 is 0 Å². The molecule has 4 atom stereocenters. The van der Waals surface area contributed by atoms with E-state index in [1.807, 2.05) is 24.5 Å². The van der Waals surface area contributed by atoms with Crippen molar-refractivity contribution in [3.8, 4) is 11.4 Å². The largest absolute Gasteiger partial charge is 0.461 e. The first-order chi connectivity index (χ1) is 18.0. The number of nitrogens with zero attached hydrogens (tertiary/aromatic N) is 4. The van der Waals surface area contributed by atoms with Gasteiger partial charge in [0, 0.05) is 24.7 Å². The van der Waals surface area contributed by atoms with Gasteiger partial charge in [-0.25, -0.2) is 8.42 Å². The molecule has 0 aliphatic heterocycles. The summed E-state index contributed by atoms with van der Waals surface area (Å²) < 4.78 is 35.6. The molecule has 1 aliphatic carbocycles. The number of hydrogen-bond donors (Lipinski definition) is 0. The summed E-state index contributed by atoms with van der Waals surface area (Å²) in [7, 11) is -3.60. The number of aromatic nitrogens is 3. The predicted molar refractivity (Wildman–Crippen MR) is 153 cm³/mol. The van der Waals surface area contributed by atoms with E-state index in [1.165, 1.54) is 22.5 Å². The lowest BCUT2D eigenvalue weighted by Crippen LogP contribution is -2.36. The van der Waals surface area contributed by atoms with Gasteiger partial charge in [-0.15, -0.1) is 10.2 Å². The van der Waals surface area contributed by atoms with Crippen molar-refractivity contribution in [2.24, 2.45) is 17.8 Å². The Balaban J connectivity index is 1.82. The van der Waals surface area contributed by atoms with Gasteiger partial charge in [-0.1, -0.05) is 71.9 Å². The Morgan fingerprint density at radius 2 is 1.87 bits per heavy atom. The summed E-state index contributed by atoms with van der Waals surface area (Å²) in [6.07, 6.45) is 3.99. The molecule has 0 unspecified atom stereocenters. The van der Waals surface area contributed by atoms with E-state index < -0.39 is 10.0 Å². The highest BCUT2D eigenvalue weighted by Crippen LogP contribution is 2.36. The minimum Gasteiger partial charge on any atom is -0.461 e. The van der Waals surface area contributed by atoms with Crippen molar-refractivity contribution >= 4 is 27.8 Å². The summed E-state index contributed by atoms with van der Waals surface area (Å²) in [5, 5.41) is 9.46. The van der Waals surface area contributed by atoms with Gasteiger partial charge in [-0.3, -0.25) is 9.36 Å². The summed E-state index contributed by atoms with van der Waals surface area (Å²) in [5.41, 5.74) is 0.677. The Labute approximate surface area is 233 Å². The predicted octanol–water partition coefficient (Wildman–Crippen LogP) is 6.04. The van der Waals surface area contributed by atoms with Gasteiger partial charge in [0.15, 0.2) is 11.0 Å². The van der Waals surface area contributed by atoms with Gasteiger partial charge in [-0.05, 0) is 56.1 Å².